The molecular formula is C47H77NaO14. The van der Waals surface area contributed by atoms with Crippen LogP contribution in [0.25, 0.3) is 0 Å². The number of aliphatic carboxylic acids is 1. The van der Waals surface area contributed by atoms with Crippen LogP contribution in [-0.4, -0.2) is 119 Å². The molecule has 0 aromatic carbocycles. The van der Waals surface area contributed by atoms with Crippen molar-refractivity contribution in [2.45, 2.75) is 212 Å². The van der Waals surface area contributed by atoms with E-state index in [-0.39, 0.29) is 102 Å². The van der Waals surface area contributed by atoms with Crippen LogP contribution < -0.4 is 34.7 Å². The van der Waals surface area contributed by atoms with Gasteiger partial charge in [-0.25, -0.2) is 0 Å². The molecule has 6 rings (SSSR count). The number of aliphatic hydroxyl groups is 3. The van der Waals surface area contributed by atoms with Gasteiger partial charge in [-0.15, -0.1) is 0 Å². The molecule has 3 N–H and O–H groups in total. The van der Waals surface area contributed by atoms with Crippen molar-refractivity contribution >= 4 is 11.8 Å². The Kier molecular flexibility index (Phi) is 17.2. The Morgan fingerprint density at radius 3 is 2.24 bits per heavy atom. The number of hydrogen-bond acceptors (Lipinski definition) is 14. The second-order valence-corrected chi connectivity index (χ2v) is 20.6. The van der Waals surface area contributed by atoms with Gasteiger partial charge in [0.2, 0.25) is 0 Å². The molecule has 0 saturated carbocycles. The maximum Gasteiger partial charge on any atom is 1.00 e. The van der Waals surface area contributed by atoms with Gasteiger partial charge in [-0.05, 0) is 70.3 Å². The summed E-state index contributed by atoms with van der Waals surface area (Å²) in [5.74, 6) is -7.48. The topological polar surface area (TPSA) is 192 Å². The minimum absolute atomic E-state index is 0. The predicted octanol–water partition coefficient (Wildman–Crippen LogP) is 1.82. The van der Waals surface area contributed by atoms with Gasteiger partial charge in [0.15, 0.2) is 29.4 Å². The number of methoxy groups -OCH3 is 1. The number of carbonyl (C=O) groups excluding carboxylic acids is 2. The Morgan fingerprint density at radius 2 is 1.61 bits per heavy atom. The molecular weight excluding hydrogens is 811 g/mol. The first-order valence-electron chi connectivity index (χ1n) is 23.2. The summed E-state index contributed by atoms with van der Waals surface area (Å²) in [6.45, 7) is 20.7. The van der Waals surface area contributed by atoms with Crippen LogP contribution in [0, 0.1) is 47.3 Å². The van der Waals surface area contributed by atoms with Gasteiger partial charge in [0, 0.05) is 74.3 Å². The molecule has 0 aromatic heterocycles. The number of Topliss-reactive ketones (excluding diaryl/α,β-unsaturated/α-hetero) is 1. The summed E-state index contributed by atoms with van der Waals surface area (Å²) in [5, 5.41) is 44.4. The Bertz CT molecular complexity index is 1580. The molecule has 21 atom stereocenters. The Balaban J connectivity index is 0.00000726. The molecule has 6 fully saturated rings. The quantitative estimate of drug-likeness (QED) is 0.179. The van der Waals surface area contributed by atoms with Gasteiger partial charge in [-0.2, -0.15) is 0 Å². The van der Waals surface area contributed by atoms with Crippen molar-refractivity contribution in [2.24, 2.45) is 47.3 Å². The van der Waals surface area contributed by atoms with E-state index in [1.807, 2.05) is 40.7 Å². The first kappa shape index (κ1) is 52.4. The van der Waals surface area contributed by atoms with Gasteiger partial charge in [0.05, 0.1) is 61.0 Å². The van der Waals surface area contributed by atoms with E-state index < -0.39 is 84.2 Å². The number of rotatable bonds is 13. The first-order valence-corrected chi connectivity index (χ1v) is 23.2. The van der Waals surface area contributed by atoms with Crippen LogP contribution in [0.2, 0.25) is 0 Å². The fraction of sp³-hybridized carbons (Fsp3) is 0.915. The number of carbonyl (C=O) groups is 2. The fourth-order valence-electron chi connectivity index (χ4n) is 11.8. The van der Waals surface area contributed by atoms with E-state index in [9.17, 15) is 30.0 Å². The van der Waals surface area contributed by atoms with Crippen LogP contribution in [-0.2, 0) is 47.5 Å². The van der Waals surface area contributed by atoms with Crippen LogP contribution in [0.3, 0.4) is 0 Å². The minimum Gasteiger partial charge on any atom is -0.550 e. The van der Waals surface area contributed by atoms with Crippen molar-refractivity contribution in [1.29, 1.82) is 0 Å². The zero-order valence-electron chi connectivity index (χ0n) is 39.8. The van der Waals surface area contributed by atoms with Gasteiger partial charge in [-0.1, -0.05) is 61.5 Å². The molecule has 2 spiro atoms. The summed E-state index contributed by atoms with van der Waals surface area (Å²) in [7, 11) is 1.70. The Morgan fingerprint density at radius 1 is 0.919 bits per heavy atom. The summed E-state index contributed by atoms with van der Waals surface area (Å²) in [6.07, 6.45) is 3.10. The number of carboxylic acid groups (broad SMARTS) is 1. The van der Waals surface area contributed by atoms with Crippen molar-refractivity contribution in [3.8, 4) is 0 Å². The van der Waals surface area contributed by atoms with Crippen LogP contribution in [0.4, 0.5) is 0 Å². The molecule has 14 nitrogen and oxygen atoms in total. The second-order valence-electron chi connectivity index (χ2n) is 20.6. The number of hydrogen-bond donors (Lipinski definition) is 3. The van der Waals surface area contributed by atoms with Crippen molar-refractivity contribution in [2.75, 3.05) is 13.7 Å². The Hall–Kier alpha value is -0.560. The molecule has 0 amide bonds. The average molecular weight is 889 g/mol. The van der Waals surface area contributed by atoms with Crippen LogP contribution in [0.5, 0.6) is 0 Å². The number of aliphatic hydroxyl groups excluding tert-OH is 2. The summed E-state index contributed by atoms with van der Waals surface area (Å²) in [5.41, 5.74) is -0.352. The predicted molar refractivity (Wildman–Crippen MR) is 221 cm³/mol. The number of allylic oxidation sites excluding steroid dienone is 1. The molecule has 6 heterocycles. The van der Waals surface area contributed by atoms with Crippen LogP contribution in [0.1, 0.15) is 134 Å². The molecule has 0 bridgehead atoms. The van der Waals surface area contributed by atoms with E-state index in [4.69, 9.17) is 37.9 Å². The monoisotopic (exact) mass is 889 g/mol. The van der Waals surface area contributed by atoms with E-state index in [2.05, 4.69) is 20.8 Å². The molecule has 15 heteroatoms. The molecule has 6 aliphatic rings. The normalized spacial score (nSPS) is 47.8. The third-order valence-corrected chi connectivity index (χ3v) is 15.8. The van der Waals surface area contributed by atoms with E-state index in [0.717, 1.165) is 6.42 Å². The zero-order valence-corrected chi connectivity index (χ0v) is 41.8. The molecule has 0 radical (unpaired) electrons. The molecule has 0 aromatic rings. The molecule has 21 unspecified atom stereocenters. The van der Waals surface area contributed by atoms with Gasteiger partial charge in [0.1, 0.15) is 0 Å². The summed E-state index contributed by atoms with van der Waals surface area (Å²) >= 11 is 0. The van der Waals surface area contributed by atoms with E-state index in [1.165, 1.54) is 0 Å². The standard InChI is InChI=1S/C47H78O14.Na/c1-24(40(50)25(2)18-28(5)43(51)52)17-26(3)41-31(8)34(49)22-45(59-41)16-15-44(11,61-45)38-21-36(56-39-14-13-35(54-12)33(10)55-39)32(9)47(58-38)30(7)20-37(57-47)42-27(4)19-29(6)46(53,23-48)60-42;/h17,25-39,41-42,48-49,53H,13-16,18-23H2,1-12H3,(H,51,52);/q;+1/p-1. The molecule has 6 saturated heterocycles. The average Bonchev–Trinajstić information content (AvgIpc) is 3.71. The van der Waals surface area contributed by atoms with Crippen molar-refractivity contribution in [1.82, 2.24) is 0 Å². The third-order valence-electron chi connectivity index (χ3n) is 15.8. The first-order chi connectivity index (χ1) is 28.5. The maximum atomic E-state index is 13.3. The fourth-order valence-corrected chi connectivity index (χ4v) is 11.8. The number of ether oxygens (including phenoxy) is 8. The minimum atomic E-state index is -1.67. The largest absolute Gasteiger partial charge is 1.00 e. The zero-order chi connectivity index (χ0) is 45.0. The third kappa shape index (κ3) is 10.4. The van der Waals surface area contributed by atoms with Gasteiger partial charge < -0.3 is 63.1 Å². The van der Waals surface area contributed by atoms with E-state index in [1.54, 1.807) is 27.9 Å². The van der Waals surface area contributed by atoms with Gasteiger partial charge in [0.25, 0.3) is 0 Å². The van der Waals surface area contributed by atoms with Crippen molar-refractivity contribution in [3.63, 3.8) is 0 Å². The molecule has 350 valence electrons. The summed E-state index contributed by atoms with van der Waals surface area (Å²) in [6, 6.07) is 0. The summed E-state index contributed by atoms with van der Waals surface area (Å²) in [4.78, 5) is 24.7. The SMILES string of the molecule is COC1CCC(OC2CC(C3(C)CCC4(CC(O)C(C)C(C(C)C=C(C)C(=O)C(C)CC(C)C(=O)[O-])O4)O3)OC3(OC(C4OC(O)(CO)C(C)CC4C)CC3C)C2C)OC1C.[Na+]. The second kappa shape index (κ2) is 20.3. The smallest absolute Gasteiger partial charge is 0.550 e. The van der Waals surface area contributed by atoms with Gasteiger partial charge in [-0.3, -0.25) is 4.79 Å². The van der Waals surface area contributed by atoms with Crippen molar-refractivity contribution in [3.05, 3.63) is 11.6 Å². The van der Waals surface area contributed by atoms with Crippen molar-refractivity contribution < 1.29 is 97.5 Å². The Labute approximate surface area is 392 Å². The maximum absolute atomic E-state index is 13.3. The van der Waals surface area contributed by atoms with E-state index in [0.29, 0.717) is 44.1 Å². The van der Waals surface area contributed by atoms with Gasteiger partial charge >= 0.3 is 29.6 Å². The van der Waals surface area contributed by atoms with Crippen LogP contribution >= 0.6 is 0 Å². The molecule has 62 heavy (non-hydrogen) atoms. The number of carboxylic acids is 1. The number of ketones is 1. The molecule has 0 aliphatic carbocycles. The summed E-state index contributed by atoms with van der Waals surface area (Å²) < 4.78 is 53.9. The van der Waals surface area contributed by atoms with Crippen LogP contribution in [0.15, 0.2) is 11.6 Å². The van der Waals surface area contributed by atoms with E-state index >= 15 is 0 Å². The molecule has 6 aliphatic heterocycles.